The van der Waals surface area contributed by atoms with E-state index in [0.29, 0.717) is 13.0 Å². The summed E-state index contributed by atoms with van der Waals surface area (Å²) in [6, 6.07) is 4.54. The van der Waals surface area contributed by atoms with Crippen LogP contribution in [0.1, 0.15) is 13.3 Å². The number of pyridine rings is 1. The van der Waals surface area contributed by atoms with Crippen molar-refractivity contribution in [2.24, 2.45) is 0 Å². The first-order valence-electron chi connectivity index (χ1n) is 10.6. The number of hydrogen-bond acceptors (Lipinski definition) is 6. The maximum Gasteiger partial charge on any atom is 0.408 e. The Morgan fingerprint density at radius 1 is 1.09 bits per heavy atom. The lowest BCUT2D eigenvalue weighted by Gasteiger charge is -2.21. The van der Waals surface area contributed by atoms with Crippen LogP contribution in [-0.4, -0.2) is 59.3 Å². The number of benzene rings is 1. The highest BCUT2D eigenvalue weighted by Crippen LogP contribution is 2.40. The quantitative estimate of drug-likeness (QED) is 0.220. The monoisotopic (exact) mass is 515 g/mol. The molecule has 0 bridgehead atoms. The van der Waals surface area contributed by atoms with Crippen LogP contribution in [0.15, 0.2) is 36.5 Å². The summed E-state index contributed by atoms with van der Waals surface area (Å²) >= 11 is 6.26. The van der Waals surface area contributed by atoms with Gasteiger partial charge in [-0.3, -0.25) is 4.98 Å². The van der Waals surface area contributed by atoms with Crippen molar-refractivity contribution >= 4 is 17.4 Å². The minimum atomic E-state index is -4.67. The third-order valence-electron chi connectivity index (χ3n) is 4.89. The predicted octanol–water partition coefficient (Wildman–Crippen LogP) is 5.83. The average molecular weight is 516 g/mol. The fraction of sp³-hybridized carbons (Fsp3) is 0.348. The van der Waals surface area contributed by atoms with Gasteiger partial charge in [0.25, 0.3) is 0 Å². The number of ether oxygens (including phenoxy) is 1. The van der Waals surface area contributed by atoms with Crippen LogP contribution < -0.4 is 10.1 Å². The summed E-state index contributed by atoms with van der Waals surface area (Å²) in [5.74, 6) is -2.86. The number of nitrogens with zero attached hydrogens (tertiary/aromatic N) is 4. The van der Waals surface area contributed by atoms with Crippen LogP contribution in [0.3, 0.4) is 0 Å². The van der Waals surface area contributed by atoms with E-state index in [4.69, 9.17) is 16.3 Å². The van der Waals surface area contributed by atoms with Crippen molar-refractivity contribution in [1.82, 2.24) is 19.9 Å². The molecule has 188 valence electrons. The first-order valence-corrected chi connectivity index (χ1v) is 10.9. The Hall–Kier alpha value is -3.05. The topological polar surface area (TPSA) is 63.2 Å². The molecule has 0 radical (unpaired) electrons. The molecule has 0 aliphatic carbocycles. The summed E-state index contributed by atoms with van der Waals surface area (Å²) in [4.78, 5) is 14.1. The number of alkyl halides is 3. The standard InChI is InChI=1S/C23H23ClF5N5O/c1-13(23(27,28)29)31-22-19(20(24)32-21(33-22)17-7-4-5-8-30-17)18-15(25)11-14(12-16(18)26)35-10-6-9-34(2)3/h4-5,7-8,11-13H,6,9-10H2,1-3H3,(H,31,32,33)/t13-/m0/s1. The van der Waals surface area contributed by atoms with Gasteiger partial charge in [0.15, 0.2) is 5.82 Å². The summed E-state index contributed by atoms with van der Waals surface area (Å²) in [5, 5.41) is 1.71. The first kappa shape index (κ1) is 26.6. The molecular formula is C23H23ClF5N5O. The molecule has 35 heavy (non-hydrogen) atoms. The lowest BCUT2D eigenvalue weighted by Crippen LogP contribution is -2.33. The van der Waals surface area contributed by atoms with E-state index < -0.39 is 46.0 Å². The van der Waals surface area contributed by atoms with Gasteiger partial charge in [0.05, 0.1) is 17.7 Å². The zero-order valence-corrected chi connectivity index (χ0v) is 19.9. The molecule has 1 aromatic carbocycles. The molecule has 1 atom stereocenters. The summed E-state index contributed by atoms with van der Waals surface area (Å²) in [6.45, 7) is 1.78. The Morgan fingerprint density at radius 3 is 2.34 bits per heavy atom. The van der Waals surface area contributed by atoms with E-state index in [1.807, 2.05) is 19.0 Å². The molecule has 6 nitrogen and oxygen atoms in total. The minimum Gasteiger partial charge on any atom is -0.493 e. The largest absolute Gasteiger partial charge is 0.493 e. The fourth-order valence-corrected chi connectivity index (χ4v) is 3.36. The van der Waals surface area contributed by atoms with Crippen molar-refractivity contribution in [2.75, 3.05) is 32.6 Å². The van der Waals surface area contributed by atoms with Crippen LogP contribution in [0.5, 0.6) is 5.75 Å². The van der Waals surface area contributed by atoms with Gasteiger partial charge in [-0.05, 0) is 39.6 Å². The van der Waals surface area contributed by atoms with Crippen molar-refractivity contribution < 1.29 is 26.7 Å². The molecule has 0 unspecified atom stereocenters. The van der Waals surface area contributed by atoms with Gasteiger partial charge in [0.1, 0.15) is 40.1 Å². The molecule has 0 amide bonds. The van der Waals surface area contributed by atoms with Crippen molar-refractivity contribution in [3.05, 3.63) is 53.3 Å². The summed E-state index contributed by atoms with van der Waals surface area (Å²) in [5.41, 5.74) is -0.914. The van der Waals surface area contributed by atoms with E-state index in [-0.39, 0.29) is 23.9 Å². The van der Waals surface area contributed by atoms with Crippen molar-refractivity contribution in [3.63, 3.8) is 0 Å². The molecule has 0 saturated heterocycles. The molecule has 2 heterocycles. The highest BCUT2D eigenvalue weighted by molar-refractivity contribution is 6.32. The zero-order chi connectivity index (χ0) is 25.8. The second-order valence-electron chi connectivity index (χ2n) is 7.95. The molecule has 3 rings (SSSR count). The third kappa shape index (κ3) is 6.76. The Bertz CT molecular complexity index is 1140. The maximum atomic E-state index is 15.1. The van der Waals surface area contributed by atoms with Crippen LogP contribution in [0, 0.1) is 11.6 Å². The van der Waals surface area contributed by atoms with Gasteiger partial charge >= 0.3 is 6.18 Å². The van der Waals surface area contributed by atoms with Gasteiger partial charge < -0.3 is 15.0 Å². The van der Waals surface area contributed by atoms with E-state index in [1.54, 1.807) is 12.1 Å². The smallest absolute Gasteiger partial charge is 0.408 e. The molecule has 2 aromatic heterocycles. The molecule has 1 N–H and O–H groups in total. The second kappa shape index (κ2) is 11.1. The number of aromatic nitrogens is 3. The summed E-state index contributed by atoms with van der Waals surface area (Å²) in [6.07, 6.45) is -2.61. The molecule has 3 aromatic rings. The molecule has 0 saturated carbocycles. The lowest BCUT2D eigenvalue weighted by atomic mass is 10.1. The number of rotatable bonds is 9. The van der Waals surface area contributed by atoms with Gasteiger partial charge in [-0.25, -0.2) is 18.7 Å². The average Bonchev–Trinajstić information content (AvgIpc) is 2.77. The van der Waals surface area contributed by atoms with E-state index in [1.165, 1.54) is 12.3 Å². The minimum absolute atomic E-state index is 0.0668. The molecule has 12 heteroatoms. The number of nitrogens with one attached hydrogen (secondary N) is 1. The molecule has 0 aliphatic rings. The highest BCUT2D eigenvalue weighted by Gasteiger charge is 2.37. The molecule has 0 spiro atoms. The van der Waals surface area contributed by atoms with Gasteiger partial charge in [-0.15, -0.1) is 0 Å². The Labute approximate surface area is 204 Å². The third-order valence-corrected chi connectivity index (χ3v) is 5.16. The van der Waals surface area contributed by atoms with E-state index >= 15 is 8.78 Å². The predicted molar refractivity (Wildman–Crippen MR) is 123 cm³/mol. The SMILES string of the molecule is C[C@H](Nc1nc(-c2ccccn2)nc(Cl)c1-c1c(F)cc(OCCCN(C)C)cc1F)C(F)(F)F. The van der Waals surface area contributed by atoms with E-state index in [9.17, 15) is 13.2 Å². The molecule has 0 aliphatic heterocycles. The van der Waals surface area contributed by atoms with Crippen LogP contribution in [-0.2, 0) is 0 Å². The van der Waals surface area contributed by atoms with Crippen LogP contribution in [0.4, 0.5) is 27.8 Å². The number of hydrogen-bond donors (Lipinski definition) is 1. The summed E-state index contributed by atoms with van der Waals surface area (Å²) in [7, 11) is 3.76. The molecular weight excluding hydrogens is 493 g/mol. The van der Waals surface area contributed by atoms with Crippen molar-refractivity contribution in [3.8, 4) is 28.4 Å². The Kier molecular flexibility index (Phi) is 8.44. The van der Waals surface area contributed by atoms with Crippen molar-refractivity contribution in [2.45, 2.75) is 25.6 Å². The van der Waals surface area contributed by atoms with Gasteiger partial charge in [0, 0.05) is 24.9 Å². The highest BCUT2D eigenvalue weighted by atomic mass is 35.5. The van der Waals surface area contributed by atoms with Crippen LogP contribution in [0.25, 0.3) is 22.6 Å². The summed E-state index contributed by atoms with van der Waals surface area (Å²) < 4.78 is 75.4. The zero-order valence-electron chi connectivity index (χ0n) is 19.1. The number of anilines is 1. The van der Waals surface area contributed by atoms with E-state index in [0.717, 1.165) is 19.1 Å². The number of halogens is 6. The first-order chi connectivity index (χ1) is 16.5. The van der Waals surface area contributed by atoms with Crippen molar-refractivity contribution in [1.29, 1.82) is 0 Å². The van der Waals surface area contributed by atoms with Gasteiger partial charge in [-0.1, -0.05) is 17.7 Å². The fourth-order valence-electron chi connectivity index (χ4n) is 3.10. The van der Waals surface area contributed by atoms with Gasteiger partial charge in [-0.2, -0.15) is 13.2 Å². The van der Waals surface area contributed by atoms with Gasteiger partial charge in [0.2, 0.25) is 0 Å². The lowest BCUT2D eigenvalue weighted by molar-refractivity contribution is -0.138. The second-order valence-corrected chi connectivity index (χ2v) is 8.31. The Balaban J connectivity index is 2.05. The van der Waals surface area contributed by atoms with Crippen LogP contribution >= 0.6 is 11.6 Å². The normalized spacial score (nSPS) is 12.6. The van der Waals surface area contributed by atoms with E-state index in [2.05, 4.69) is 20.3 Å². The van der Waals surface area contributed by atoms with Crippen LogP contribution in [0.2, 0.25) is 5.15 Å². The molecule has 0 fully saturated rings. The maximum absolute atomic E-state index is 15.1. The Morgan fingerprint density at radius 2 is 1.77 bits per heavy atom.